The van der Waals surface area contributed by atoms with Crippen LogP contribution in [0.3, 0.4) is 0 Å². The second kappa shape index (κ2) is 22.4. The van der Waals surface area contributed by atoms with E-state index >= 15 is 0 Å². The number of para-hydroxylation sites is 7. The lowest BCUT2D eigenvalue weighted by Crippen LogP contribution is -2.10. The Morgan fingerprint density at radius 3 is 0.887 bits per heavy atom. The van der Waals surface area contributed by atoms with Crippen LogP contribution in [0.25, 0.3) is 165 Å². The molecule has 0 atom stereocenters. The van der Waals surface area contributed by atoms with Crippen molar-refractivity contribution >= 4 is 109 Å². The summed E-state index contributed by atoms with van der Waals surface area (Å²) in [6.45, 7) is 13.6. The van der Waals surface area contributed by atoms with Crippen molar-refractivity contribution in [1.29, 1.82) is 0 Å². The van der Waals surface area contributed by atoms with Crippen molar-refractivity contribution < 1.29 is 4.42 Å². The van der Waals surface area contributed by atoms with Crippen molar-refractivity contribution in [2.75, 3.05) is 0 Å². The van der Waals surface area contributed by atoms with Gasteiger partial charge in [-0.05, 0) is 183 Å². The van der Waals surface area contributed by atoms with Gasteiger partial charge in [-0.1, -0.05) is 224 Å². The molecule has 19 aromatic rings. The van der Waals surface area contributed by atoms with E-state index in [2.05, 4.69) is 363 Å². The summed E-state index contributed by atoms with van der Waals surface area (Å²) in [5.41, 5.74) is 26.2. The summed E-state index contributed by atoms with van der Waals surface area (Å²) in [4.78, 5) is 0. The third-order valence-electron chi connectivity index (χ3n) is 20.2. The van der Waals surface area contributed by atoms with Crippen molar-refractivity contribution in [3.05, 3.63) is 327 Å². The maximum atomic E-state index is 6.48. The van der Waals surface area contributed by atoms with Gasteiger partial charge in [0.2, 0.25) is 0 Å². The number of hydrogen-bond acceptors (Lipinski definition) is 1. The van der Waals surface area contributed by atoms with Crippen LogP contribution in [-0.2, 0) is 10.8 Å². The maximum absolute atomic E-state index is 6.48. The van der Waals surface area contributed by atoms with Gasteiger partial charge in [-0.25, -0.2) is 0 Å². The highest BCUT2D eigenvalue weighted by molar-refractivity contribution is 6.16. The maximum Gasteiger partial charge on any atom is 0.143 e. The van der Waals surface area contributed by atoms with Crippen LogP contribution in [-0.4, -0.2) is 18.3 Å². The van der Waals surface area contributed by atoms with Crippen molar-refractivity contribution in [2.24, 2.45) is 0 Å². The van der Waals surface area contributed by atoms with Crippen LogP contribution in [0.5, 0.6) is 0 Å². The molecule has 14 aromatic carbocycles. The molecule has 0 spiro atoms. The quantitative estimate of drug-likeness (QED) is 0.157. The number of furan rings is 1. The van der Waals surface area contributed by atoms with Gasteiger partial charge >= 0.3 is 0 Å². The first-order chi connectivity index (χ1) is 47.4. The second-order valence-corrected chi connectivity index (χ2v) is 28.1. The van der Waals surface area contributed by atoms with E-state index in [-0.39, 0.29) is 10.8 Å². The summed E-state index contributed by atoms with van der Waals surface area (Å²) in [6, 6.07) is 115. The number of nitrogens with zero attached hydrogens (tertiary/aromatic N) is 4. The molecule has 0 unspecified atom stereocenters. The monoisotopic (exact) mass is 1250 g/mol. The molecule has 464 valence electrons. The summed E-state index contributed by atoms with van der Waals surface area (Å²) >= 11 is 0. The molecule has 0 aliphatic heterocycles. The standard InChI is InChI=1S/C48H30N2O.C44H40N2/c1-3-12-34(13-4-1)49-43-20-9-7-16-37(43)40-28-31(22-25-44(40)49)32-23-26-45-41(29-32)42-30-33(24-27-46(42)50(45)35-14-5-2-6-15-35)36-18-11-19-39-38-17-8-10-21-47(38)51-48(36)39;1-43(2,3)31-17-21-33(22-18-31)45-39-13-9-7-11-35(39)37-27-29(15-25-41(37)45)30-16-26-42-38(28-30)36-12-8-10-14-40(36)46(42)34-23-19-32(20-24-34)44(4,5)6/h1-30H;7-28H,1-6H3. The molecule has 5 heteroatoms. The molecule has 0 aliphatic carbocycles. The van der Waals surface area contributed by atoms with Gasteiger partial charge in [0.25, 0.3) is 0 Å². The average Bonchev–Trinajstić information content (AvgIpc) is 1.64. The summed E-state index contributed by atoms with van der Waals surface area (Å²) in [5.74, 6) is 0. The molecule has 97 heavy (non-hydrogen) atoms. The fourth-order valence-corrected chi connectivity index (χ4v) is 15.3. The molecular weight excluding hydrogens is 1180 g/mol. The Labute approximate surface area is 563 Å². The fourth-order valence-electron chi connectivity index (χ4n) is 15.3. The van der Waals surface area contributed by atoms with Crippen molar-refractivity contribution in [2.45, 2.75) is 52.4 Å². The van der Waals surface area contributed by atoms with Gasteiger partial charge in [0, 0.05) is 82.2 Å². The van der Waals surface area contributed by atoms with Gasteiger partial charge in [0.05, 0.1) is 44.1 Å². The summed E-state index contributed by atoms with van der Waals surface area (Å²) in [7, 11) is 0. The molecule has 0 aliphatic rings. The number of benzene rings is 14. The summed E-state index contributed by atoms with van der Waals surface area (Å²) in [6.07, 6.45) is 0. The minimum atomic E-state index is 0.124. The Kier molecular flexibility index (Phi) is 13.3. The lowest BCUT2D eigenvalue weighted by molar-refractivity contribution is 0.590. The highest BCUT2D eigenvalue weighted by atomic mass is 16.3. The van der Waals surface area contributed by atoms with E-state index in [0.29, 0.717) is 0 Å². The topological polar surface area (TPSA) is 32.9 Å². The second-order valence-electron chi connectivity index (χ2n) is 28.1. The first kappa shape index (κ1) is 57.7. The van der Waals surface area contributed by atoms with E-state index in [1.165, 1.54) is 138 Å². The minimum absolute atomic E-state index is 0.124. The normalized spacial score (nSPS) is 12.2. The van der Waals surface area contributed by atoms with E-state index < -0.39 is 0 Å². The molecule has 0 fully saturated rings. The van der Waals surface area contributed by atoms with Gasteiger partial charge in [-0.3, -0.25) is 0 Å². The van der Waals surface area contributed by atoms with E-state index in [1.807, 2.05) is 12.1 Å². The van der Waals surface area contributed by atoms with Crippen LogP contribution in [0.1, 0.15) is 52.7 Å². The first-order valence-corrected chi connectivity index (χ1v) is 33.8. The van der Waals surface area contributed by atoms with Gasteiger partial charge in [-0.15, -0.1) is 0 Å². The van der Waals surface area contributed by atoms with Gasteiger partial charge < -0.3 is 22.7 Å². The van der Waals surface area contributed by atoms with Gasteiger partial charge in [-0.2, -0.15) is 0 Å². The van der Waals surface area contributed by atoms with Crippen molar-refractivity contribution in [1.82, 2.24) is 18.3 Å². The van der Waals surface area contributed by atoms with Crippen LogP contribution < -0.4 is 0 Å². The van der Waals surface area contributed by atoms with Crippen LogP contribution in [0.15, 0.2) is 320 Å². The molecule has 0 radical (unpaired) electrons. The number of fused-ring (bicyclic) bond motifs is 15. The third kappa shape index (κ3) is 9.59. The minimum Gasteiger partial charge on any atom is -0.455 e. The van der Waals surface area contributed by atoms with Gasteiger partial charge in [0.1, 0.15) is 11.2 Å². The van der Waals surface area contributed by atoms with E-state index in [9.17, 15) is 0 Å². The Morgan fingerprint density at radius 2 is 0.505 bits per heavy atom. The lowest BCUT2D eigenvalue weighted by atomic mass is 9.87. The zero-order valence-corrected chi connectivity index (χ0v) is 55.2. The van der Waals surface area contributed by atoms with Gasteiger partial charge in [0.15, 0.2) is 0 Å². The van der Waals surface area contributed by atoms with Crippen molar-refractivity contribution in [3.8, 4) is 56.1 Å². The molecule has 0 saturated heterocycles. The molecule has 19 rings (SSSR count). The Bertz CT molecular complexity index is 6120. The number of aromatic nitrogens is 4. The van der Waals surface area contributed by atoms with E-state index in [0.717, 1.165) is 38.8 Å². The SMILES string of the molecule is CC(C)(C)c1ccc(-n2c3ccccc3c3cc(-c4ccc5c(c4)c4ccccc4n5-c4ccc(C(C)(C)C)cc4)ccc32)cc1.c1ccc(-n2c3ccccc3c3cc(-c4ccc5c(c4)c4cc(-c6cccc7c6oc6ccccc67)ccc4n5-c4ccccc4)ccc32)cc1. The average molecular weight is 1250 g/mol. The molecule has 0 saturated carbocycles. The molecular formula is C92H70N4O. The Balaban J connectivity index is 0.000000142. The molecule has 0 bridgehead atoms. The number of rotatable bonds is 7. The van der Waals surface area contributed by atoms with Crippen LogP contribution in [0.2, 0.25) is 0 Å². The van der Waals surface area contributed by atoms with Crippen LogP contribution >= 0.6 is 0 Å². The lowest BCUT2D eigenvalue weighted by Gasteiger charge is -2.19. The third-order valence-corrected chi connectivity index (χ3v) is 20.2. The molecule has 0 N–H and O–H groups in total. The highest BCUT2D eigenvalue weighted by Crippen LogP contribution is 2.44. The zero-order valence-electron chi connectivity index (χ0n) is 55.2. The van der Waals surface area contributed by atoms with E-state index in [1.54, 1.807) is 0 Å². The van der Waals surface area contributed by atoms with Crippen LogP contribution in [0.4, 0.5) is 0 Å². The molecule has 5 nitrogen and oxygen atoms in total. The summed E-state index contributed by atoms with van der Waals surface area (Å²) < 4.78 is 16.0. The fraction of sp³-hybridized carbons (Fsp3) is 0.0870. The number of hydrogen-bond donors (Lipinski definition) is 0. The Hall–Kier alpha value is -11.9. The molecule has 5 aromatic heterocycles. The van der Waals surface area contributed by atoms with E-state index in [4.69, 9.17) is 4.42 Å². The van der Waals surface area contributed by atoms with Crippen molar-refractivity contribution in [3.63, 3.8) is 0 Å². The zero-order chi connectivity index (χ0) is 65.3. The van der Waals surface area contributed by atoms with Crippen LogP contribution in [0, 0.1) is 0 Å². The first-order valence-electron chi connectivity index (χ1n) is 33.8. The highest BCUT2D eigenvalue weighted by Gasteiger charge is 2.22. The smallest absolute Gasteiger partial charge is 0.143 e. The Morgan fingerprint density at radius 1 is 0.216 bits per heavy atom. The summed E-state index contributed by atoms with van der Waals surface area (Å²) in [5, 5.41) is 12.3. The predicted octanol–water partition coefficient (Wildman–Crippen LogP) is 25.3. The largest absolute Gasteiger partial charge is 0.455 e. The molecule has 5 heterocycles. The predicted molar refractivity (Wildman–Crippen MR) is 411 cm³/mol. The molecule has 0 amide bonds.